The quantitative estimate of drug-likeness (QED) is 0.908. The van der Waals surface area contributed by atoms with Crippen molar-refractivity contribution in [2.45, 2.75) is 6.92 Å². The van der Waals surface area contributed by atoms with Gasteiger partial charge in [0.1, 0.15) is 0 Å². The number of halogens is 1. The number of nitrogens with one attached hydrogen (secondary N) is 2. The average molecular weight is 320 g/mol. The number of nitrogens with zero attached hydrogens (tertiary/aromatic N) is 1. The van der Waals surface area contributed by atoms with Gasteiger partial charge in [-0.3, -0.25) is 4.98 Å². The molecular weight excluding hydrogens is 306 g/mol. The standard InChI is InChI=1S/C14H14BrN3O/c1-10-9-13(18-14(19)16-8-4-7-15)11-5-2-3-6-12(11)17-10/h2-7,9H,8H2,1H3,(H2,16,17,18,19). The van der Waals surface area contributed by atoms with Gasteiger partial charge in [0.25, 0.3) is 0 Å². The minimum absolute atomic E-state index is 0.235. The van der Waals surface area contributed by atoms with Crippen molar-refractivity contribution in [1.82, 2.24) is 10.3 Å². The molecule has 0 bridgehead atoms. The maximum atomic E-state index is 11.8. The second-order valence-corrected chi connectivity index (χ2v) is 4.55. The first-order valence-corrected chi connectivity index (χ1v) is 6.79. The van der Waals surface area contributed by atoms with Crippen molar-refractivity contribution in [1.29, 1.82) is 0 Å². The van der Waals surface area contributed by atoms with Gasteiger partial charge in [-0.2, -0.15) is 0 Å². The van der Waals surface area contributed by atoms with E-state index in [0.717, 1.165) is 22.3 Å². The number of urea groups is 1. The summed E-state index contributed by atoms with van der Waals surface area (Å²) in [6.07, 6.45) is 1.80. The van der Waals surface area contributed by atoms with Crippen LogP contribution in [0.5, 0.6) is 0 Å². The van der Waals surface area contributed by atoms with E-state index < -0.39 is 0 Å². The summed E-state index contributed by atoms with van der Waals surface area (Å²) in [4.78, 5) is 17.9. The normalized spacial score (nSPS) is 10.8. The highest BCUT2D eigenvalue weighted by atomic mass is 79.9. The number of anilines is 1. The molecule has 0 saturated carbocycles. The molecule has 0 aliphatic rings. The second kappa shape index (κ2) is 6.33. The number of carbonyl (C=O) groups excluding carboxylic acids is 1. The molecule has 0 aliphatic carbocycles. The van der Waals surface area contributed by atoms with Gasteiger partial charge in [-0.15, -0.1) is 0 Å². The maximum Gasteiger partial charge on any atom is 0.319 e. The minimum atomic E-state index is -0.235. The van der Waals surface area contributed by atoms with Gasteiger partial charge in [-0.1, -0.05) is 40.2 Å². The summed E-state index contributed by atoms with van der Waals surface area (Å²) in [5, 5.41) is 6.50. The number of fused-ring (bicyclic) bond motifs is 1. The Bertz CT molecular complexity index is 625. The Balaban J connectivity index is 2.22. The maximum absolute atomic E-state index is 11.8. The monoisotopic (exact) mass is 319 g/mol. The summed E-state index contributed by atoms with van der Waals surface area (Å²) < 4.78 is 0. The van der Waals surface area contributed by atoms with Gasteiger partial charge >= 0.3 is 6.03 Å². The summed E-state index contributed by atoms with van der Waals surface area (Å²) >= 11 is 3.15. The lowest BCUT2D eigenvalue weighted by atomic mass is 10.1. The molecule has 1 aromatic carbocycles. The first-order chi connectivity index (χ1) is 9.20. The molecule has 2 N–H and O–H groups in total. The number of pyridine rings is 1. The molecule has 0 atom stereocenters. The van der Waals surface area contributed by atoms with Crippen molar-refractivity contribution >= 4 is 38.6 Å². The minimum Gasteiger partial charge on any atom is -0.334 e. The zero-order chi connectivity index (χ0) is 13.7. The first kappa shape index (κ1) is 13.5. The summed E-state index contributed by atoms with van der Waals surface area (Å²) in [5.41, 5.74) is 2.51. The molecule has 2 aromatic rings. The molecular formula is C14H14BrN3O. The van der Waals surface area contributed by atoms with E-state index in [2.05, 4.69) is 31.5 Å². The second-order valence-electron chi connectivity index (χ2n) is 4.03. The van der Waals surface area contributed by atoms with Crippen LogP contribution >= 0.6 is 15.9 Å². The van der Waals surface area contributed by atoms with Crippen LogP contribution in [-0.2, 0) is 0 Å². The number of amides is 2. The first-order valence-electron chi connectivity index (χ1n) is 5.87. The zero-order valence-corrected chi connectivity index (χ0v) is 12.1. The third kappa shape index (κ3) is 3.54. The molecule has 98 valence electrons. The Morgan fingerprint density at radius 1 is 1.42 bits per heavy atom. The van der Waals surface area contributed by atoms with Gasteiger partial charge in [0, 0.05) is 17.6 Å². The number of benzene rings is 1. The molecule has 1 heterocycles. The highest BCUT2D eigenvalue weighted by molar-refractivity contribution is 9.11. The van der Waals surface area contributed by atoms with Gasteiger partial charge < -0.3 is 10.6 Å². The van der Waals surface area contributed by atoms with E-state index in [-0.39, 0.29) is 6.03 Å². The van der Waals surface area contributed by atoms with E-state index in [1.165, 1.54) is 0 Å². The van der Waals surface area contributed by atoms with Crippen LogP contribution in [0.25, 0.3) is 10.9 Å². The molecule has 2 amide bonds. The Morgan fingerprint density at radius 2 is 2.21 bits per heavy atom. The summed E-state index contributed by atoms with van der Waals surface area (Å²) in [6.45, 7) is 2.38. The fourth-order valence-electron chi connectivity index (χ4n) is 1.77. The van der Waals surface area contributed by atoms with E-state index >= 15 is 0 Å². The van der Waals surface area contributed by atoms with Gasteiger partial charge in [0.15, 0.2) is 0 Å². The van der Waals surface area contributed by atoms with Gasteiger partial charge in [0.2, 0.25) is 0 Å². The summed E-state index contributed by atoms with van der Waals surface area (Å²) in [5.74, 6) is 0. The molecule has 0 aliphatic heterocycles. The lowest BCUT2D eigenvalue weighted by molar-refractivity contribution is 0.253. The van der Waals surface area contributed by atoms with Crippen LogP contribution in [0.2, 0.25) is 0 Å². The van der Waals surface area contributed by atoms with Crippen molar-refractivity contribution in [3.63, 3.8) is 0 Å². The van der Waals surface area contributed by atoms with E-state index in [4.69, 9.17) is 0 Å². The Kier molecular flexibility index (Phi) is 4.52. The summed E-state index contributed by atoms with van der Waals surface area (Å²) in [6, 6.07) is 9.35. The van der Waals surface area contributed by atoms with E-state index in [1.807, 2.05) is 37.3 Å². The topological polar surface area (TPSA) is 54.0 Å². The van der Waals surface area contributed by atoms with Crippen LogP contribution in [0.4, 0.5) is 10.5 Å². The number of aryl methyl sites for hydroxylation is 1. The third-order valence-corrected chi connectivity index (χ3v) is 2.94. The van der Waals surface area contributed by atoms with E-state index in [9.17, 15) is 4.79 Å². The zero-order valence-electron chi connectivity index (χ0n) is 10.5. The molecule has 4 nitrogen and oxygen atoms in total. The predicted molar refractivity (Wildman–Crippen MR) is 81.6 cm³/mol. The Hall–Kier alpha value is -1.88. The molecule has 2 rings (SSSR count). The van der Waals surface area contributed by atoms with Crippen molar-refractivity contribution in [3.8, 4) is 0 Å². The van der Waals surface area contributed by atoms with Crippen LogP contribution in [0.3, 0.4) is 0 Å². The summed E-state index contributed by atoms with van der Waals surface area (Å²) in [7, 11) is 0. The van der Waals surface area contributed by atoms with Crippen molar-refractivity contribution in [3.05, 3.63) is 47.1 Å². The lowest BCUT2D eigenvalue weighted by Gasteiger charge is -2.10. The number of carbonyl (C=O) groups is 1. The number of aromatic nitrogens is 1. The molecule has 0 spiro atoms. The van der Waals surface area contributed by atoms with Crippen molar-refractivity contribution in [2.24, 2.45) is 0 Å². The van der Waals surface area contributed by atoms with E-state index in [0.29, 0.717) is 6.54 Å². The van der Waals surface area contributed by atoms with E-state index in [1.54, 1.807) is 11.1 Å². The molecule has 1 aromatic heterocycles. The van der Waals surface area contributed by atoms with Crippen LogP contribution < -0.4 is 10.6 Å². The predicted octanol–water partition coefficient (Wildman–Crippen LogP) is 3.57. The fraction of sp³-hybridized carbons (Fsp3) is 0.143. The van der Waals surface area contributed by atoms with Crippen molar-refractivity contribution in [2.75, 3.05) is 11.9 Å². The fourth-order valence-corrected chi connectivity index (χ4v) is 1.96. The highest BCUT2D eigenvalue weighted by Crippen LogP contribution is 2.22. The number of para-hydroxylation sites is 1. The largest absolute Gasteiger partial charge is 0.334 e. The Labute approximate surface area is 120 Å². The molecule has 19 heavy (non-hydrogen) atoms. The van der Waals surface area contributed by atoms with Crippen LogP contribution in [-0.4, -0.2) is 17.6 Å². The molecule has 5 heteroatoms. The SMILES string of the molecule is Cc1cc(NC(=O)NCC=CBr)c2ccccc2n1. The van der Waals surface area contributed by atoms with Crippen LogP contribution in [0, 0.1) is 6.92 Å². The number of rotatable bonds is 3. The third-order valence-electron chi connectivity index (χ3n) is 2.56. The highest BCUT2D eigenvalue weighted by Gasteiger charge is 2.06. The van der Waals surface area contributed by atoms with Gasteiger partial charge in [-0.05, 0) is 24.0 Å². The lowest BCUT2D eigenvalue weighted by Crippen LogP contribution is -2.28. The number of hydrogen-bond donors (Lipinski definition) is 2. The van der Waals surface area contributed by atoms with Gasteiger partial charge in [-0.25, -0.2) is 4.79 Å². The molecule has 0 unspecified atom stereocenters. The molecule has 0 saturated heterocycles. The van der Waals surface area contributed by atoms with Crippen LogP contribution in [0.15, 0.2) is 41.4 Å². The van der Waals surface area contributed by atoms with Gasteiger partial charge in [0.05, 0.1) is 11.2 Å². The molecule has 0 fully saturated rings. The van der Waals surface area contributed by atoms with Crippen LogP contribution in [0.1, 0.15) is 5.69 Å². The Morgan fingerprint density at radius 3 is 3.00 bits per heavy atom. The average Bonchev–Trinajstić information content (AvgIpc) is 2.39. The number of hydrogen-bond acceptors (Lipinski definition) is 2. The van der Waals surface area contributed by atoms with Crippen molar-refractivity contribution < 1.29 is 4.79 Å². The smallest absolute Gasteiger partial charge is 0.319 e. The molecule has 0 radical (unpaired) electrons.